The fourth-order valence-electron chi connectivity index (χ4n) is 3.09. The predicted molar refractivity (Wildman–Crippen MR) is 110 cm³/mol. The minimum absolute atomic E-state index is 0.167. The summed E-state index contributed by atoms with van der Waals surface area (Å²) >= 11 is 3.38. The van der Waals surface area contributed by atoms with E-state index in [0.29, 0.717) is 47.8 Å². The summed E-state index contributed by atoms with van der Waals surface area (Å²) in [6.07, 6.45) is 1.65. The van der Waals surface area contributed by atoms with Crippen molar-refractivity contribution in [3.8, 4) is 11.5 Å². The molecule has 2 amide bonds. The summed E-state index contributed by atoms with van der Waals surface area (Å²) in [6.45, 7) is 2.06. The minimum Gasteiger partial charge on any atom is -0.454 e. The van der Waals surface area contributed by atoms with Crippen LogP contribution in [0.1, 0.15) is 15.9 Å². The van der Waals surface area contributed by atoms with Gasteiger partial charge in [-0.1, -0.05) is 18.2 Å². The summed E-state index contributed by atoms with van der Waals surface area (Å²) in [5, 5.41) is 2.78. The number of carbonyl (C=O) groups excluding carboxylic acids is 2. The molecule has 2 aliphatic heterocycles. The van der Waals surface area contributed by atoms with Crippen LogP contribution in [0.5, 0.6) is 11.5 Å². The summed E-state index contributed by atoms with van der Waals surface area (Å²) < 4.78 is 16.7. The molecule has 1 fully saturated rings. The van der Waals surface area contributed by atoms with E-state index < -0.39 is 0 Å². The lowest BCUT2D eigenvalue weighted by Crippen LogP contribution is -2.44. The molecular formula is C21H19BrN2O5. The fraction of sp³-hybridized carbons (Fsp3) is 0.238. The highest BCUT2D eigenvalue weighted by molar-refractivity contribution is 9.10. The van der Waals surface area contributed by atoms with Crippen LogP contribution in [0.3, 0.4) is 0 Å². The molecule has 1 N–H and O–H groups in total. The number of nitrogens with one attached hydrogen (secondary N) is 1. The zero-order valence-electron chi connectivity index (χ0n) is 15.5. The number of fused-ring (bicyclic) bond motifs is 1. The molecule has 150 valence electrons. The van der Waals surface area contributed by atoms with Gasteiger partial charge in [-0.3, -0.25) is 9.59 Å². The van der Waals surface area contributed by atoms with Gasteiger partial charge in [-0.2, -0.15) is 0 Å². The number of nitrogens with zero attached hydrogens (tertiary/aromatic N) is 1. The van der Waals surface area contributed by atoms with Crippen molar-refractivity contribution in [3.63, 3.8) is 0 Å². The van der Waals surface area contributed by atoms with Crippen LogP contribution in [-0.2, 0) is 9.53 Å². The van der Waals surface area contributed by atoms with Crippen LogP contribution in [0.15, 0.2) is 52.6 Å². The highest BCUT2D eigenvalue weighted by Gasteiger charge is 2.23. The van der Waals surface area contributed by atoms with Crippen LogP contribution >= 0.6 is 15.9 Å². The second-order valence-corrected chi connectivity index (χ2v) is 7.36. The number of amides is 2. The van der Waals surface area contributed by atoms with Gasteiger partial charge in [0.15, 0.2) is 11.5 Å². The first-order valence-electron chi connectivity index (χ1n) is 9.16. The van der Waals surface area contributed by atoms with Crippen LogP contribution < -0.4 is 14.8 Å². The van der Waals surface area contributed by atoms with Crippen molar-refractivity contribution >= 4 is 33.8 Å². The summed E-state index contributed by atoms with van der Waals surface area (Å²) in [4.78, 5) is 27.6. The van der Waals surface area contributed by atoms with E-state index in [2.05, 4.69) is 21.2 Å². The van der Waals surface area contributed by atoms with Gasteiger partial charge in [0.1, 0.15) is 5.70 Å². The van der Waals surface area contributed by atoms with Crippen molar-refractivity contribution in [2.75, 3.05) is 33.1 Å². The quantitative estimate of drug-likeness (QED) is 0.712. The highest BCUT2D eigenvalue weighted by Crippen LogP contribution is 2.33. The van der Waals surface area contributed by atoms with Gasteiger partial charge in [0.2, 0.25) is 6.79 Å². The molecule has 0 atom stereocenters. The van der Waals surface area contributed by atoms with E-state index in [9.17, 15) is 9.59 Å². The van der Waals surface area contributed by atoms with Crippen LogP contribution in [0.25, 0.3) is 6.08 Å². The van der Waals surface area contributed by atoms with Crippen LogP contribution in [0.2, 0.25) is 0 Å². The maximum absolute atomic E-state index is 13.1. The standard InChI is InChI=1S/C21H19BrN2O5/c22-16-4-2-1-3-15(16)20(25)23-17(21(26)24-7-9-27-10-8-24)11-14-5-6-18-19(12-14)29-13-28-18/h1-6,11-12H,7-10,13H2,(H,23,25)/b17-11+. The average Bonchev–Trinajstić information content (AvgIpc) is 3.21. The van der Waals surface area contributed by atoms with E-state index in [-0.39, 0.29) is 24.3 Å². The third-order valence-electron chi connectivity index (χ3n) is 4.60. The number of hydrogen-bond acceptors (Lipinski definition) is 5. The molecule has 0 unspecified atom stereocenters. The minimum atomic E-state index is -0.369. The number of ether oxygens (including phenoxy) is 3. The van der Waals surface area contributed by atoms with Gasteiger partial charge in [0.05, 0.1) is 18.8 Å². The number of halogens is 1. The zero-order chi connectivity index (χ0) is 20.2. The molecule has 1 saturated heterocycles. The summed E-state index contributed by atoms with van der Waals surface area (Å²) in [7, 11) is 0. The third kappa shape index (κ3) is 4.44. The Morgan fingerprint density at radius 1 is 1.03 bits per heavy atom. The Hall–Kier alpha value is -2.84. The molecule has 2 heterocycles. The van der Waals surface area contributed by atoms with Crippen molar-refractivity contribution in [3.05, 3.63) is 63.8 Å². The van der Waals surface area contributed by atoms with Crippen molar-refractivity contribution < 1.29 is 23.8 Å². The van der Waals surface area contributed by atoms with Gasteiger partial charge < -0.3 is 24.4 Å². The Morgan fingerprint density at radius 2 is 1.79 bits per heavy atom. The van der Waals surface area contributed by atoms with Gasteiger partial charge >= 0.3 is 0 Å². The molecule has 2 aromatic rings. The van der Waals surface area contributed by atoms with Gasteiger partial charge in [-0.05, 0) is 51.8 Å². The molecule has 2 aliphatic rings. The first kappa shape index (κ1) is 19.5. The first-order chi connectivity index (χ1) is 14.1. The van der Waals surface area contributed by atoms with Crippen LogP contribution in [0, 0.1) is 0 Å². The fourth-order valence-corrected chi connectivity index (χ4v) is 3.56. The summed E-state index contributed by atoms with van der Waals surface area (Å²) in [5.41, 5.74) is 1.35. The smallest absolute Gasteiger partial charge is 0.270 e. The number of carbonyl (C=O) groups is 2. The molecule has 29 heavy (non-hydrogen) atoms. The number of hydrogen-bond donors (Lipinski definition) is 1. The Balaban J connectivity index is 1.64. The van der Waals surface area contributed by atoms with Crippen molar-refractivity contribution in [1.29, 1.82) is 0 Å². The zero-order valence-corrected chi connectivity index (χ0v) is 17.1. The molecule has 0 aliphatic carbocycles. The van der Waals surface area contributed by atoms with Crippen molar-refractivity contribution in [1.82, 2.24) is 10.2 Å². The number of morpholine rings is 1. The summed E-state index contributed by atoms with van der Waals surface area (Å²) in [5.74, 6) is 0.631. The average molecular weight is 459 g/mol. The second-order valence-electron chi connectivity index (χ2n) is 6.51. The lowest BCUT2D eigenvalue weighted by Gasteiger charge is -2.28. The maximum Gasteiger partial charge on any atom is 0.270 e. The lowest BCUT2D eigenvalue weighted by atomic mass is 10.1. The third-order valence-corrected chi connectivity index (χ3v) is 5.29. The predicted octanol–water partition coefficient (Wildman–Crippen LogP) is 2.81. The van der Waals surface area contributed by atoms with E-state index in [1.807, 2.05) is 12.1 Å². The Kier molecular flexibility index (Phi) is 5.82. The molecule has 8 heteroatoms. The first-order valence-corrected chi connectivity index (χ1v) is 9.95. The van der Waals surface area contributed by atoms with E-state index >= 15 is 0 Å². The topological polar surface area (TPSA) is 77.1 Å². The van der Waals surface area contributed by atoms with E-state index in [1.54, 1.807) is 41.3 Å². The summed E-state index contributed by atoms with van der Waals surface area (Å²) in [6, 6.07) is 12.4. The maximum atomic E-state index is 13.1. The Bertz CT molecular complexity index is 969. The van der Waals surface area contributed by atoms with Gasteiger partial charge in [-0.15, -0.1) is 0 Å². The van der Waals surface area contributed by atoms with E-state index in [1.165, 1.54) is 0 Å². The van der Waals surface area contributed by atoms with Crippen LogP contribution in [-0.4, -0.2) is 49.8 Å². The molecule has 0 radical (unpaired) electrons. The number of rotatable bonds is 4. The molecule has 0 aromatic heterocycles. The molecule has 4 rings (SSSR count). The van der Waals surface area contributed by atoms with Gasteiger partial charge in [0, 0.05) is 17.6 Å². The van der Waals surface area contributed by atoms with Gasteiger partial charge in [0.25, 0.3) is 11.8 Å². The normalized spacial score (nSPS) is 15.9. The molecule has 7 nitrogen and oxygen atoms in total. The molecular weight excluding hydrogens is 440 g/mol. The molecule has 0 bridgehead atoms. The molecule has 2 aromatic carbocycles. The van der Waals surface area contributed by atoms with E-state index in [0.717, 1.165) is 5.56 Å². The van der Waals surface area contributed by atoms with Crippen molar-refractivity contribution in [2.24, 2.45) is 0 Å². The second kappa shape index (κ2) is 8.67. The number of benzene rings is 2. The molecule has 0 spiro atoms. The largest absolute Gasteiger partial charge is 0.454 e. The Labute approximate surface area is 176 Å². The lowest BCUT2D eigenvalue weighted by molar-refractivity contribution is -0.131. The van der Waals surface area contributed by atoms with E-state index in [4.69, 9.17) is 14.2 Å². The van der Waals surface area contributed by atoms with Crippen molar-refractivity contribution in [2.45, 2.75) is 0 Å². The molecule has 0 saturated carbocycles. The SMILES string of the molecule is O=C(N/C(=C/c1ccc2c(c1)OCO2)C(=O)N1CCOCC1)c1ccccc1Br. The Morgan fingerprint density at radius 3 is 2.59 bits per heavy atom. The van der Waals surface area contributed by atoms with Gasteiger partial charge in [-0.25, -0.2) is 0 Å². The van der Waals surface area contributed by atoms with Crippen LogP contribution in [0.4, 0.5) is 0 Å². The monoisotopic (exact) mass is 458 g/mol. The highest BCUT2D eigenvalue weighted by atomic mass is 79.9.